The Balaban J connectivity index is 1.50. The number of aromatic amines is 1. The number of hydrogen-bond donors (Lipinski definition) is 3. The molecule has 2 aromatic heterocycles. The van der Waals surface area contributed by atoms with Gasteiger partial charge in [-0.25, -0.2) is 4.98 Å². The lowest BCUT2D eigenvalue weighted by Crippen LogP contribution is -2.18. The average molecular weight is 391 g/mol. The fourth-order valence-corrected chi connectivity index (χ4v) is 3.49. The number of carbonyl (C=O) groups is 2. The molecule has 0 unspecified atom stereocenters. The van der Waals surface area contributed by atoms with Gasteiger partial charge in [-0.1, -0.05) is 18.2 Å². The summed E-state index contributed by atoms with van der Waals surface area (Å²) in [6.45, 7) is 0. The van der Waals surface area contributed by atoms with Crippen LogP contribution in [0.25, 0.3) is 22.0 Å². The number of nitrogens with zero attached hydrogens (tertiary/aromatic N) is 2. The van der Waals surface area contributed by atoms with Crippen molar-refractivity contribution in [2.45, 2.75) is 6.42 Å². The molecule has 0 aliphatic rings. The molecule has 0 saturated heterocycles. The van der Waals surface area contributed by atoms with Gasteiger partial charge in [0.25, 0.3) is 5.91 Å². The van der Waals surface area contributed by atoms with E-state index >= 15 is 0 Å². The predicted molar refractivity (Wildman–Crippen MR) is 109 cm³/mol. The van der Waals surface area contributed by atoms with Gasteiger partial charge in [0.1, 0.15) is 0 Å². The first kappa shape index (κ1) is 17.9. The Morgan fingerprint density at radius 3 is 2.61 bits per heavy atom. The zero-order valence-corrected chi connectivity index (χ0v) is 15.8. The zero-order chi connectivity index (χ0) is 19.5. The number of anilines is 1. The van der Waals surface area contributed by atoms with E-state index in [9.17, 15) is 9.59 Å². The maximum absolute atomic E-state index is 12.1. The van der Waals surface area contributed by atoms with Gasteiger partial charge in [-0.05, 0) is 35.4 Å². The summed E-state index contributed by atoms with van der Waals surface area (Å²) in [7, 11) is 1.58. The molecule has 2 heterocycles. The number of nitrogens with one attached hydrogen (secondary N) is 3. The maximum Gasteiger partial charge on any atom is 0.272 e. The molecular weight excluding hydrogens is 374 g/mol. The van der Waals surface area contributed by atoms with E-state index in [1.165, 1.54) is 11.3 Å². The van der Waals surface area contributed by atoms with Crippen LogP contribution in [0.1, 0.15) is 16.2 Å². The maximum atomic E-state index is 12.1. The first-order chi connectivity index (χ1) is 13.6. The molecule has 0 atom stereocenters. The number of rotatable bonds is 5. The van der Waals surface area contributed by atoms with E-state index in [0.717, 1.165) is 33.4 Å². The predicted octanol–water partition coefficient (Wildman–Crippen LogP) is 3.23. The lowest BCUT2D eigenvalue weighted by molar-refractivity contribution is -0.115. The Hall–Kier alpha value is -3.52. The van der Waals surface area contributed by atoms with Gasteiger partial charge in [-0.3, -0.25) is 14.7 Å². The number of H-pyrrole nitrogens is 1. The number of aromatic nitrogens is 3. The first-order valence-corrected chi connectivity index (χ1v) is 9.56. The van der Waals surface area contributed by atoms with Crippen molar-refractivity contribution in [2.24, 2.45) is 0 Å². The smallest absolute Gasteiger partial charge is 0.272 e. The fraction of sp³-hybridized carbons (Fsp3) is 0.100. The van der Waals surface area contributed by atoms with Gasteiger partial charge >= 0.3 is 0 Å². The highest BCUT2D eigenvalue weighted by Crippen LogP contribution is 2.26. The number of amides is 2. The van der Waals surface area contributed by atoms with Crippen molar-refractivity contribution in [1.82, 2.24) is 20.5 Å². The van der Waals surface area contributed by atoms with Crippen LogP contribution in [0.4, 0.5) is 5.69 Å². The number of hydrogen-bond acceptors (Lipinski definition) is 5. The van der Waals surface area contributed by atoms with Crippen LogP contribution in [0.2, 0.25) is 0 Å². The Morgan fingerprint density at radius 1 is 1.11 bits per heavy atom. The molecule has 0 aliphatic heterocycles. The second-order valence-corrected chi connectivity index (χ2v) is 6.91. The van der Waals surface area contributed by atoms with Crippen LogP contribution in [0.5, 0.6) is 0 Å². The van der Waals surface area contributed by atoms with Crippen LogP contribution in [-0.2, 0) is 11.2 Å². The van der Waals surface area contributed by atoms with Gasteiger partial charge in [0.2, 0.25) is 5.91 Å². The van der Waals surface area contributed by atoms with E-state index in [2.05, 4.69) is 25.8 Å². The third-order valence-electron chi connectivity index (χ3n) is 4.33. The standard InChI is InChI=1S/C20H17N5O2S/c1-21-20(27)19-16-7-4-13(8-17(16)24-25-19)12-2-5-14(6-3-12)23-18(26)9-15-10-28-11-22-15/h2-8,10-11H,9H2,1H3,(H,21,27)(H,23,26)(H,24,25). The average Bonchev–Trinajstić information content (AvgIpc) is 3.37. The molecule has 7 nitrogen and oxygen atoms in total. The molecule has 28 heavy (non-hydrogen) atoms. The van der Waals surface area contributed by atoms with Gasteiger partial charge in [0.05, 0.1) is 23.1 Å². The van der Waals surface area contributed by atoms with Crippen LogP contribution >= 0.6 is 11.3 Å². The summed E-state index contributed by atoms with van der Waals surface area (Å²) in [5.74, 6) is -0.323. The molecule has 0 radical (unpaired) electrons. The lowest BCUT2D eigenvalue weighted by Gasteiger charge is -2.07. The number of benzene rings is 2. The minimum Gasteiger partial charge on any atom is -0.354 e. The van der Waals surface area contributed by atoms with E-state index in [1.54, 1.807) is 12.6 Å². The molecule has 2 amide bonds. The third-order valence-corrected chi connectivity index (χ3v) is 4.97. The summed E-state index contributed by atoms with van der Waals surface area (Å²) in [5.41, 5.74) is 6.36. The van der Waals surface area contributed by atoms with Crippen molar-refractivity contribution in [2.75, 3.05) is 12.4 Å². The number of thiazole rings is 1. The van der Waals surface area contributed by atoms with Gasteiger partial charge in [-0.2, -0.15) is 5.10 Å². The second kappa shape index (κ2) is 7.61. The molecule has 8 heteroatoms. The molecule has 0 aliphatic carbocycles. The van der Waals surface area contributed by atoms with E-state index in [1.807, 2.05) is 47.8 Å². The number of fused-ring (bicyclic) bond motifs is 1. The Kier molecular flexibility index (Phi) is 4.86. The van der Waals surface area contributed by atoms with Crippen molar-refractivity contribution in [3.05, 3.63) is 64.7 Å². The summed E-state index contributed by atoms with van der Waals surface area (Å²) < 4.78 is 0. The van der Waals surface area contributed by atoms with Crippen molar-refractivity contribution in [1.29, 1.82) is 0 Å². The highest BCUT2D eigenvalue weighted by atomic mass is 32.1. The Morgan fingerprint density at radius 2 is 1.89 bits per heavy atom. The molecule has 0 fully saturated rings. The van der Waals surface area contributed by atoms with E-state index in [-0.39, 0.29) is 18.2 Å². The molecule has 0 saturated carbocycles. The summed E-state index contributed by atoms with van der Waals surface area (Å²) in [5, 5.41) is 15.1. The monoisotopic (exact) mass is 391 g/mol. The van der Waals surface area contributed by atoms with Gasteiger partial charge in [-0.15, -0.1) is 11.3 Å². The summed E-state index contributed by atoms with van der Waals surface area (Å²) >= 11 is 1.47. The van der Waals surface area contributed by atoms with Gasteiger partial charge in [0, 0.05) is 23.5 Å². The Bertz CT molecular complexity index is 1130. The molecule has 2 aromatic carbocycles. The van der Waals surface area contributed by atoms with Crippen LogP contribution in [-0.4, -0.2) is 34.0 Å². The van der Waals surface area contributed by atoms with Crippen LogP contribution in [0.15, 0.2) is 53.4 Å². The van der Waals surface area contributed by atoms with Crippen molar-refractivity contribution >= 4 is 39.7 Å². The van der Waals surface area contributed by atoms with E-state index in [4.69, 9.17) is 0 Å². The van der Waals surface area contributed by atoms with E-state index < -0.39 is 0 Å². The highest BCUT2D eigenvalue weighted by Gasteiger charge is 2.13. The highest BCUT2D eigenvalue weighted by molar-refractivity contribution is 7.07. The van der Waals surface area contributed by atoms with Gasteiger partial charge in [0.15, 0.2) is 5.69 Å². The molecular formula is C20H17N5O2S. The molecule has 0 bridgehead atoms. The van der Waals surface area contributed by atoms with Crippen LogP contribution < -0.4 is 10.6 Å². The third kappa shape index (κ3) is 3.63. The lowest BCUT2D eigenvalue weighted by atomic mass is 10.0. The van der Waals surface area contributed by atoms with Crippen molar-refractivity contribution in [3.8, 4) is 11.1 Å². The molecule has 3 N–H and O–H groups in total. The quantitative estimate of drug-likeness (QED) is 0.486. The molecule has 4 rings (SSSR count). The first-order valence-electron chi connectivity index (χ1n) is 8.61. The van der Waals surface area contributed by atoms with Gasteiger partial charge < -0.3 is 10.6 Å². The largest absolute Gasteiger partial charge is 0.354 e. The van der Waals surface area contributed by atoms with E-state index in [0.29, 0.717) is 5.69 Å². The van der Waals surface area contributed by atoms with Crippen LogP contribution in [0.3, 0.4) is 0 Å². The minimum atomic E-state index is -0.225. The van der Waals surface area contributed by atoms with Crippen molar-refractivity contribution < 1.29 is 9.59 Å². The summed E-state index contributed by atoms with van der Waals surface area (Å²) in [6.07, 6.45) is 0.259. The second-order valence-electron chi connectivity index (χ2n) is 6.19. The topological polar surface area (TPSA) is 99.8 Å². The fourth-order valence-electron chi connectivity index (χ4n) is 2.93. The summed E-state index contributed by atoms with van der Waals surface area (Å²) in [4.78, 5) is 28.0. The molecule has 0 spiro atoms. The Labute approximate surface area is 164 Å². The number of carbonyl (C=O) groups excluding carboxylic acids is 2. The molecule has 140 valence electrons. The SMILES string of the molecule is CNC(=O)c1n[nH]c2cc(-c3ccc(NC(=O)Cc4cscn4)cc3)ccc12. The zero-order valence-electron chi connectivity index (χ0n) is 15.0. The van der Waals surface area contributed by atoms with Crippen molar-refractivity contribution in [3.63, 3.8) is 0 Å². The van der Waals surface area contributed by atoms with Crippen LogP contribution in [0, 0.1) is 0 Å². The summed E-state index contributed by atoms with van der Waals surface area (Å²) in [6, 6.07) is 13.4. The normalized spacial score (nSPS) is 10.8. The molecule has 4 aromatic rings. The minimum absolute atomic E-state index is 0.0979.